The van der Waals surface area contributed by atoms with Gasteiger partial charge in [-0.25, -0.2) is 4.98 Å². The number of piperidine rings is 1. The van der Waals surface area contributed by atoms with Gasteiger partial charge in [-0.05, 0) is 42.3 Å². The second-order valence-corrected chi connectivity index (χ2v) is 6.18. The number of pyridine rings is 1. The molecule has 1 amide bonds. The summed E-state index contributed by atoms with van der Waals surface area (Å²) in [6.45, 7) is 2.72. The van der Waals surface area contributed by atoms with Gasteiger partial charge in [0, 0.05) is 25.8 Å². The lowest BCUT2D eigenvalue weighted by Gasteiger charge is -2.27. The molecule has 4 nitrogen and oxygen atoms in total. The number of rotatable bonds is 4. The summed E-state index contributed by atoms with van der Waals surface area (Å²) < 4.78 is 0. The summed E-state index contributed by atoms with van der Waals surface area (Å²) in [6.07, 6.45) is 5.68. The van der Waals surface area contributed by atoms with E-state index in [1.54, 1.807) is 0 Å². The molecule has 1 aliphatic heterocycles. The average molecular weight is 301 g/mol. The highest BCUT2D eigenvalue weighted by Crippen LogP contribution is 2.17. The van der Waals surface area contributed by atoms with Crippen LogP contribution in [-0.4, -0.2) is 24.0 Å². The lowest BCUT2D eigenvalue weighted by molar-refractivity contribution is 0.0955. The molecule has 2 aromatic heterocycles. The molecule has 3 heterocycles. The number of aromatic nitrogens is 1. The smallest absolute Gasteiger partial charge is 0.261 e. The van der Waals surface area contributed by atoms with Crippen LogP contribution in [-0.2, 0) is 6.54 Å². The fourth-order valence-electron chi connectivity index (χ4n) is 2.51. The van der Waals surface area contributed by atoms with Crippen LogP contribution < -0.4 is 10.2 Å². The number of carbonyl (C=O) groups excluding carboxylic acids is 1. The molecule has 3 rings (SSSR count). The molecule has 2 aromatic rings. The number of amides is 1. The summed E-state index contributed by atoms with van der Waals surface area (Å²) in [5, 5.41) is 4.82. The molecule has 0 bridgehead atoms. The van der Waals surface area contributed by atoms with Crippen molar-refractivity contribution < 1.29 is 4.79 Å². The van der Waals surface area contributed by atoms with Crippen molar-refractivity contribution in [2.45, 2.75) is 25.8 Å². The van der Waals surface area contributed by atoms with Crippen LogP contribution in [0.1, 0.15) is 34.5 Å². The molecule has 1 fully saturated rings. The SMILES string of the molecule is O=C(NCc1ccc(N2CCCCC2)nc1)c1cccs1. The highest BCUT2D eigenvalue weighted by Gasteiger charge is 2.12. The number of anilines is 1. The van der Waals surface area contributed by atoms with Gasteiger partial charge in [-0.15, -0.1) is 11.3 Å². The van der Waals surface area contributed by atoms with Crippen LogP contribution in [0.25, 0.3) is 0 Å². The first kappa shape index (κ1) is 14.1. The van der Waals surface area contributed by atoms with Gasteiger partial charge < -0.3 is 10.2 Å². The van der Waals surface area contributed by atoms with Gasteiger partial charge in [0.25, 0.3) is 5.91 Å². The Labute approximate surface area is 128 Å². The molecule has 0 atom stereocenters. The Morgan fingerprint density at radius 1 is 1.24 bits per heavy atom. The van der Waals surface area contributed by atoms with Crippen molar-refractivity contribution in [2.75, 3.05) is 18.0 Å². The Balaban J connectivity index is 1.55. The minimum atomic E-state index is -0.0230. The van der Waals surface area contributed by atoms with E-state index >= 15 is 0 Å². The minimum absolute atomic E-state index is 0.0230. The summed E-state index contributed by atoms with van der Waals surface area (Å²) >= 11 is 1.45. The molecule has 110 valence electrons. The monoisotopic (exact) mass is 301 g/mol. The predicted molar refractivity (Wildman–Crippen MR) is 85.8 cm³/mol. The van der Waals surface area contributed by atoms with Crippen molar-refractivity contribution in [1.82, 2.24) is 10.3 Å². The van der Waals surface area contributed by atoms with E-state index in [0.29, 0.717) is 6.54 Å². The molecule has 0 unspecified atom stereocenters. The fraction of sp³-hybridized carbons (Fsp3) is 0.375. The molecule has 0 saturated carbocycles. The zero-order chi connectivity index (χ0) is 14.5. The van der Waals surface area contributed by atoms with Gasteiger partial charge in [-0.1, -0.05) is 12.1 Å². The number of hydrogen-bond donors (Lipinski definition) is 1. The van der Waals surface area contributed by atoms with Crippen LogP contribution >= 0.6 is 11.3 Å². The Bertz CT molecular complexity index is 574. The van der Waals surface area contributed by atoms with Crippen molar-refractivity contribution in [3.8, 4) is 0 Å². The van der Waals surface area contributed by atoms with Gasteiger partial charge >= 0.3 is 0 Å². The van der Waals surface area contributed by atoms with E-state index in [9.17, 15) is 4.79 Å². The second-order valence-electron chi connectivity index (χ2n) is 5.23. The maximum atomic E-state index is 11.9. The molecule has 0 spiro atoms. The summed E-state index contributed by atoms with van der Waals surface area (Å²) in [5.41, 5.74) is 1.03. The Morgan fingerprint density at radius 3 is 2.76 bits per heavy atom. The van der Waals surface area contributed by atoms with E-state index in [-0.39, 0.29) is 5.91 Å². The van der Waals surface area contributed by atoms with Crippen LogP contribution in [0.4, 0.5) is 5.82 Å². The number of nitrogens with zero attached hydrogens (tertiary/aromatic N) is 2. The fourth-order valence-corrected chi connectivity index (χ4v) is 3.15. The van der Waals surface area contributed by atoms with Gasteiger partial charge in [0.15, 0.2) is 0 Å². The van der Waals surface area contributed by atoms with Gasteiger partial charge in [-0.2, -0.15) is 0 Å². The number of carbonyl (C=O) groups is 1. The zero-order valence-corrected chi connectivity index (χ0v) is 12.7. The first-order chi connectivity index (χ1) is 10.3. The maximum Gasteiger partial charge on any atom is 0.261 e. The predicted octanol–water partition coefficient (Wildman–Crippen LogP) is 3.06. The third kappa shape index (κ3) is 3.61. The highest BCUT2D eigenvalue weighted by atomic mass is 32.1. The summed E-state index contributed by atoms with van der Waals surface area (Å²) in [6, 6.07) is 7.82. The Kier molecular flexibility index (Phi) is 4.50. The van der Waals surface area contributed by atoms with Crippen molar-refractivity contribution in [3.63, 3.8) is 0 Å². The van der Waals surface area contributed by atoms with Crippen LogP contribution in [0.15, 0.2) is 35.8 Å². The normalized spacial score (nSPS) is 15.0. The van der Waals surface area contributed by atoms with Gasteiger partial charge in [0.2, 0.25) is 0 Å². The maximum absolute atomic E-state index is 11.9. The first-order valence-corrected chi connectivity index (χ1v) is 8.22. The number of nitrogens with one attached hydrogen (secondary N) is 1. The number of thiophene rings is 1. The van der Waals surface area contributed by atoms with Gasteiger partial charge in [0.1, 0.15) is 5.82 Å². The standard InChI is InChI=1S/C16H19N3OS/c20-16(14-5-4-10-21-14)18-12-13-6-7-15(17-11-13)19-8-2-1-3-9-19/h4-7,10-11H,1-3,8-9,12H2,(H,18,20). The molecule has 0 aliphatic carbocycles. The van der Waals surface area contributed by atoms with Crippen LogP contribution in [0, 0.1) is 0 Å². The van der Waals surface area contributed by atoms with E-state index in [4.69, 9.17) is 0 Å². The van der Waals surface area contributed by atoms with Crippen LogP contribution in [0.5, 0.6) is 0 Å². The molecule has 1 saturated heterocycles. The highest BCUT2D eigenvalue weighted by molar-refractivity contribution is 7.12. The molecular formula is C16H19N3OS. The van der Waals surface area contributed by atoms with E-state index < -0.39 is 0 Å². The van der Waals surface area contributed by atoms with E-state index in [1.165, 1.54) is 30.6 Å². The largest absolute Gasteiger partial charge is 0.357 e. The lowest BCUT2D eigenvalue weighted by Crippen LogP contribution is -2.30. The molecule has 5 heteroatoms. The topological polar surface area (TPSA) is 45.2 Å². The minimum Gasteiger partial charge on any atom is -0.357 e. The summed E-state index contributed by atoms with van der Waals surface area (Å²) in [4.78, 5) is 19.5. The zero-order valence-electron chi connectivity index (χ0n) is 11.9. The van der Waals surface area contributed by atoms with Gasteiger partial charge in [0.05, 0.1) is 4.88 Å². The van der Waals surface area contributed by atoms with E-state index in [1.807, 2.05) is 29.8 Å². The first-order valence-electron chi connectivity index (χ1n) is 7.34. The average Bonchev–Trinajstić information content (AvgIpc) is 3.08. The van der Waals surface area contributed by atoms with Crippen molar-refractivity contribution in [3.05, 3.63) is 46.3 Å². The second kappa shape index (κ2) is 6.72. The lowest BCUT2D eigenvalue weighted by atomic mass is 10.1. The molecule has 21 heavy (non-hydrogen) atoms. The third-order valence-electron chi connectivity index (χ3n) is 3.69. The van der Waals surface area contributed by atoms with Crippen molar-refractivity contribution in [1.29, 1.82) is 0 Å². The summed E-state index contributed by atoms with van der Waals surface area (Å²) in [7, 11) is 0. The van der Waals surface area contributed by atoms with Crippen molar-refractivity contribution >= 4 is 23.1 Å². The Morgan fingerprint density at radius 2 is 2.10 bits per heavy atom. The molecule has 1 N–H and O–H groups in total. The third-order valence-corrected chi connectivity index (χ3v) is 4.56. The van der Waals surface area contributed by atoms with Gasteiger partial charge in [-0.3, -0.25) is 4.79 Å². The Hall–Kier alpha value is -1.88. The molecular weight excluding hydrogens is 282 g/mol. The van der Waals surface area contributed by atoms with Crippen LogP contribution in [0.2, 0.25) is 0 Å². The molecule has 0 aromatic carbocycles. The van der Waals surface area contributed by atoms with Crippen molar-refractivity contribution in [2.24, 2.45) is 0 Å². The molecule has 0 radical (unpaired) electrons. The number of hydrogen-bond acceptors (Lipinski definition) is 4. The quantitative estimate of drug-likeness (QED) is 0.944. The summed E-state index contributed by atoms with van der Waals surface area (Å²) in [5.74, 6) is 1.02. The van der Waals surface area contributed by atoms with Crippen LogP contribution in [0.3, 0.4) is 0 Å². The van der Waals surface area contributed by atoms with E-state index in [2.05, 4.69) is 21.3 Å². The van der Waals surface area contributed by atoms with E-state index in [0.717, 1.165) is 29.3 Å². The molecule has 1 aliphatic rings.